The monoisotopic (exact) mass is 285 g/mol. The molecule has 21 heavy (non-hydrogen) atoms. The summed E-state index contributed by atoms with van der Waals surface area (Å²) >= 11 is 0. The topological polar surface area (TPSA) is 56.9 Å². The summed E-state index contributed by atoms with van der Waals surface area (Å²) in [6.07, 6.45) is 6.99. The largest absolute Gasteiger partial charge is 0.361 e. The molecule has 0 bridgehead atoms. The van der Waals surface area contributed by atoms with Gasteiger partial charge in [0.25, 0.3) is 0 Å². The van der Waals surface area contributed by atoms with Gasteiger partial charge in [0.15, 0.2) is 0 Å². The van der Waals surface area contributed by atoms with Crippen molar-refractivity contribution in [1.29, 1.82) is 0 Å². The third kappa shape index (κ3) is 3.64. The molecule has 3 N–H and O–H groups in total. The smallest absolute Gasteiger partial charge is 0.221 e. The molecule has 1 saturated heterocycles. The summed E-state index contributed by atoms with van der Waals surface area (Å²) in [5.74, 6) is 0.174. The fourth-order valence-corrected chi connectivity index (χ4v) is 3.07. The minimum atomic E-state index is 0.174. The van der Waals surface area contributed by atoms with E-state index in [-0.39, 0.29) is 5.91 Å². The molecule has 1 aliphatic rings. The number of benzene rings is 1. The number of carbonyl (C=O) groups excluding carboxylic acids is 1. The SMILES string of the molecule is O=C(CC1CCCN1)NCCCc1c[nH]c2ccccc12. The van der Waals surface area contributed by atoms with Gasteiger partial charge in [0.2, 0.25) is 5.91 Å². The van der Waals surface area contributed by atoms with Crippen LogP contribution >= 0.6 is 0 Å². The highest BCUT2D eigenvalue weighted by Gasteiger charge is 2.17. The van der Waals surface area contributed by atoms with Crippen molar-refractivity contribution in [3.05, 3.63) is 36.0 Å². The molecule has 1 atom stereocenters. The molecule has 2 heterocycles. The summed E-state index contributed by atoms with van der Waals surface area (Å²) in [6.45, 7) is 1.81. The number of hydrogen-bond acceptors (Lipinski definition) is 2. The molecule has 112 valence electrons. The Morgan fingerprint density at radius 3 is 3.10 bits per heavy atom. The molecule has 0 radical (unpaired) electrons. The first-order valence-corrected chi connectivity index (χ1v) is 7.88. The average molecular weight is 285 g/mol. The molecule has 1 aromatic carbocycles. The van der Waals surface area contributed by atoms with Crippen LogP contribution in [0.1, 0.15) is 31.2 Å². The van der Waals surface area contributed by atoms with Crippen LogP contribution in [0.3, 0.4) is 0 Å². The van der Waals surface area contributed by atoms with Crippen LogP contribution in [0.4, 0.5) is 0 Å². The van der Waals surface area contributed by atoms with Crippen molar-refractivity contribution in [3.63, 3.8) is 0 Å². The first-order valence-electron chi connectivity index (χ1n) is 7.88. The van der Waals surface area contributed by atoms with Gasteiger partial charge < -0.3 is 15.6 Å². The number of para-hydroxylation sites is 1. The van der Waals surface area contributed by atoms with Gasteiger partial charge in [-0.25, -0.2) is 0 Å². The van der Waals surface area contributed by atoms with Crippen LogP contribution in [0.5, 0.6) is 0 Å². The number of amides is 1. The normalized spacial score (nSPS) is 18.2. The number of hydrogen-bond donors (Lipinski definition) is 3. The summed E-state index contributed by atoms with van der Waals surface area (Å²) in [7, 11) is 0. The molecule has 0 spiro atoms. The average Bonchev–Trinajstić information content (AvgIpc) is 3.13. The third-order valence-electron chi connectivity index (χ3n) is 4.21. The van der Waals surface area contributed by atoms with Gasteiger partial charge >= 0.3 is 0 Å². The second kappa shape index (κ2) is 6.76. The standard InChI is InChI=1S/C17H23N3O/c21-17(11-14-6-4-9-18-14)19-10-3-5-13-12-20-16-8-2-1-7-15(13)16/h1-2,7-8,12,14,18,20H,3-6,9-11H2,(H,19,21). The van der Waals surface area contributed by atoms with Crippen molar-refractivity contribution in [2.24, 2.45) is 0 Å². The summed E-state index contributed by atoms with van der Waals surface area (Å²) in [6, 6.07) is 8.73. The van der Waals surface area contributed by atoms with Crippen LogP contribution < -0.4 is 10.6 Å². The van der Waals surface area contributed by atoms with Crippen molar-refractivity contribution in [3.8, 4) is 0 Å². The maximum atomic E-state index is 11.8. The first kappa shape index (κ1) is 14.1. The van der Waals surface area contributed by atoms with Crippen molar-refractivity contribution >= 4 is 16.8 Å². The molecule has 4 nitrogen and oxygen atoms in total. The number of nitrogens with one attached hydrogen (secondary N) is 3. The summed E-state index contributed by atoms with van der Waals surface area (Å²) in [4.78, 5) is 15.1. The molecular weight excluding hydrogens is 262 g/mol. The molecule has 3 rings (SSSR count). The van der Waals surface area contributed by atoms with Crippen molar-refractivity contribution in [2.75, 3.05) is 13.1 Å². The second-order valence-corrected chi connectivity index (χ2v) is 5.81. The molecule has 1 aliphatic heterocycles. The Hall–Kier alpha value is -1.81. The molecule has 2 aromatic rings. The van der Waals surface area contributed by atoms with E-state index in [4.69, 9.17) is 0 Å². The maximum absolute atomic E-state index is 11.8. The van der Waals surface area contributed by atoms with E-state index >= 15 is 0 Å². The zero-order chi connectivity index (χ0) is 14.5. The zero-order valence-corrected chi connectivity index (χ0v) is 12.3. The van der Waals surface area contributed by atoms with Gasteiger partial charge in [-0.3, -0.25) is 4.79 Å². The van der Waals surface area contributed by atoms with Crippen LogP contribution in [0.2, 0.25) is 0 Å². The van der Waals surface area contributed by atoms with Crippen LogP contribution in [-0.2, 0) is 11.2 Å². The van der Waals surface area contributed by atoms with E-state index in [2.05, 4.69) is 40.0 Å². The lowest BCUT2D eigenvalue weighted by Crippen LogP contribution is -2.32. The lowest BCUT2D eigenvalue weighted by molar-refractivity contribution is -0.121. The van der Waals surface area contributed by atoms with E-state index in [0.29, 0.717) is 12.5 Å². The summed E-state index contributed by atoms with van der Waals surface area (Å²) in [5, 5.41) is 7.68. The zero-order valence-electron chi connectivity index (χ0n) is 12.3. The third-order valence-corrected chi connectivity index (χ3v) is 4.21. The Morgan fingerprint density at radius 2 is 2.24 bits per heavy atom. The minimum Gasteiger partial charge on any atom is -0.361 e. The van der Waals surface area contributed by atoms with Gasteiger partial charge in [-0.1, -0.05) is 18.2 Å². The molecule has 1 unspecified atom stereocenters. The van der Waals surface area contributed by atoms with E-state index in [9.17, 15) is 4.79 Å². The van der Waals surface area contributed by atoms with E-state index in [1.165, 1.54) is 22.9 Å². The Kier molecular flexibility index (Phi) is 4.55. The molecular formula is C17H23N3O. The van der Waals surface area contributed by atoms with Gasteiger partial charge in [-0.15, -0.1) is 0 Å². The number of aromatic amines is 1. The lowest BCUT2D eigenvalue weighted by atomic mass is 10.1. The van der Waals surface area contributed by atoms with Crippen LogP contribution in [0.25, 0.3) is 10.9 Å². The highest BCUT2D eigenvalue weighted by Crippen LogP contribution is 2.18. The Balaban J connectivity index is 1.40. The summed E-state index contributed by atoms with van der Waals surface area (Å²) < 4.78 is 0. The second-order valence-electron chi connectivity index (χ2n) is 5.81. The molecule has 0 aliphatic carbocycles. The predicted molar refractivity (Wildman–Crippen MR) is 85.3 cm³/mol. The Morgan fingerprint density at radius 1 is 1.33 bits per heavy atom. The lowest BCUT2D eigenvalue weighted by Gasteiger charge is -2.10. The van der Waals surface area contributed by atoms with Gasteiger partial charge in [0.1, 0.15) is 0 Å². The fraction of sp³-hybridized carbons (Fsp3) is 0.471. The molecule has 1 fully saturated rings. The van der Waals surface area contributed by atoms with Crippen molar-refractivity contribution in [1.82, 2.24) is 15.6 Å². The summed E-state index contributed by atoms with van der Waals surface area (Å²) in [5.41, 5.74) is 2.51. The van der Waals surface area contributed by atoms with Crippen LogP contribution in [0, 0.1) is 0 Å². The molecule has 4 heteroatoms. The molecule has 1 amide bonds. The van der Waals surface area contributed by atoms with Crippen LogP contribution in [0.15, 0.2) is 30.5 Å². The number of carbonyl (C=O) groups is 1. The number of fused-ring (bicyclic) bond motifs is 1. The van der Waals surface area contributed by atoms with Crippen molar-refractivity contribution < 1.29 is 4.79 Å². The fourth-order valence-electron chi connectivity index (χ4n) is 3.07. The van der Waals surface area contributed by atoms with Gasteiger partial charge in [0.05, 0.1) is 0 Å². The van der Waals surface area contributed by atoms with Gasteiger partial charge in [-0.05, 0) is 43.9 Å². The first-order chi connectivity index (χ1) is 10.3. The number of aryl methyl sites for hydroxylation is 1. The number of aromatic nitrogens is 1. The minimum absolute atomic E-state index is 0.174. The van der Waals surface area contributed by atoms with E-state index in [0.717, 1.165) is 32.4 Å². The highest BCUT2D eigenvalue weighted by molar-refractivity contribution is 5.83. The van der Waals surface area contributed by atoms with Crippen LogP contribution in [-0.4, -0.2) is 30.0 Å². The van der Waals surface area contributed by atoms with Gasteiger partial charge in [-0.2, -0.15) is 0 Å². The van der Waals surface area contributed by atoms with Crippen molar-refractivity contribution in [2.45, 2.75) is 38.1 Å². The number of rotatable bonds is 6. The van der Waals surface area contributed by atoms with E-state index in [1.807, 2.05) is 6.07 Å². The van der Waals surface area contributed by atoms with E-state index in [1.54, 1.807) is 0 Å². The Bertz CT molecular complexity index is 599. The van der Waals surface area contributed by atoms with E-state index < -0.39 is 0 Å². The quantitative estimate of drug-likeness (QED) is 0.714. The Labute approximate surface area is 125 Å². The maximum Gasteiger partial charge on any atom is 0.221 e. The molecule has 0 saturated carbocycles. The predicted octanol–water partition coefficient (Wildman–Crippen LogP) is 2.36. The number of H-pyrrole nitrogens is 1. The highest BCUT2D eigenvalue weighted by atomic mass is 16.1. The molecule has 1 aromatic heterocycles. The van der Waals surface area contributed by atoms with Gasteiger partial charge in [0, 0.05) is 36.1 Å².